The van der Waals surface area contributed by atoms with E-state index in [0.717, 1.165) is 0 Å². The van der Waals surface area contributed by atoms with Crippen LogP contribution in [0.4, 0.5) is 0 Å². The summed E-state index contributed by atoms with van der Waals surface area (Å²) in [6.45, 7) is 2.14. The van der Waals surface area contributed by atoms with E-state index < -0.39 is 0 Å². The Bertz CT molecular complexity index is 1330. The molecule has 0 heteroatoms. The fourth-order valence-electron chi connectivity index (χ4n) is 4.25. The minimum absolute atomic E-state index is 1.23. The highest BCUT2D eigenvalue weighted by Crippen LogP contribution is 2.38. The average molecular weight is 397 g/mol. The van der Waals surface area contributed by atoms with Crippen molar-refractivity contribution in [2.24, 2.45) is 0 Å². The first-order chi connectivity index (χ1) is 15.3. The molecular weight excluding hydrogens is 372 g/mol. The van der Waals surface area contributed by atoms with Crippen LogP contribution in [0.15, 0.2) is 127 Å². The van der Waals surface area contributed by atoms with Crippen LogP contribution < -0.4 is 0 Å². The van der Waals surface area contributed by atoms with Gasteiger partial charge in [0.2, 0.25) is 0 Å². The highest BCUT2D eigenvalue weighted by atomic mass is 14.2. The van der Waals surface area contributed by atoms with Crippen LogP contribution >= 0.6 is 0 Å². The lowest BCUT2D eigenvalue weighted by Crippen LogP contribution is -1.89. The topological polar surface area (TPSA) is 0 Å². The second-order valence-corrected chi connectivity index (χ2v) is 7.91. The van der Waals surface area contributed by atoms with Crippen LogP contribution in [-0.2, 0) is 0 Å². The molecule has 0 saturated carbocycles. The predicted octanol–water partition coefficient (Wildman–Crippen LogP) is 8.66. The van der Waals surface area contributed by atoms with Crippen LogP contribution in [0.1, 0.15) is 5.56 Å². The zero-order valence-electron chi connectivity index (χ0n) is 17.6. The molecule has 0 nitrogen and oxygen atoms in total. The third kappa shape index (κ3) is 3.93. The Morgan fingerprint density at radius 1 is 0.323 bits per heavy atom. The van der Waals surface area contributed by atoms with Gasteiger partial charge in [0.15, 0.2) is 0 Å². The molecule has 31 heavy (non-hydrogen) atoms. The maximum absolute atomic E-state index is 2.30. The minimum Gasteiger partial charge on any atom is -0.0622 e. The molecule has 5 aromatic carbocycles. The Morgan fingerprint density at radius 2 is 0.774 bits per heavy atom. The van der Waals surface area contributed by atoms with Crippen molar-refractivity contribution in [1.29, 1.82) is 0 Å². The smallest absolute Gasteiger partial charge is 0.00992 e. The summed E-state index contributed by atoms with van der Waals surface area (Å²) in [5, 5.41) is 0. The summed E-state index contributed by atoms with van der Waals surface area (Å²) in [6, 6.07) is 45.6. The first-order valence-corrected chi connectivity index (χ1v) is 10.7. The van der Waals surface area contributed by atoms with Crippen LogP contribution in [0.25, 0.3) is 44.5 Å². The van der Waals surface area contributed by atoms with Crippen molar-refractivity contribution in [3.05, 3.63) is 133 Å². The molecule has 0 fully saturated rings. The predicted molar refractivity (Wildman–Crippen MR) is 133 cm³/mol. The highest BCUT2D eigenvalue weighted by molar-refractivity contribution is 5.92. The van der Waals surface area contributed by atoms with Crippen LogP contribution in [-0.4, -0.2) is 0 Å². The molecule has 0 atom stereocenters. The molecule has 0 radical (unpaired) electrons. The molecular formula is C31H24. The molecule has 0 aliphatic heterocycles. The third-order valence-electron chi connectivity index (χ3n) is 5.75. The molecule has 148 valence electrons. The van der Waals surface area contributed by atoms with Gasteiger partial charge in [-0.3, -0.25) is 0 Å². The van der Waals surface area contributed by atoms with Crippen molar-refractivity contribution in [2.75, 3.05) is 0 Å². The molecule has 0 saturated heterocycles. The first kappa shape index (κ1) is 19.1. The molecule has 0 bridgehead atoms. The highest BCUT2D eigenvalue weighted by Gasteiger charge is 2.12. The Kier molecular flexibility index (Phi) is 5.21. The van der Waals surface area contributed by atoms with Crippen molar-refractivity contribution in [3.63, 3.8) is 0 Å². The van der Waals surface area contributed by atoms with E-state index in [1.165, 1.54) is 50.1 Å². The van der Waals surface area contributed by atoms with E-state index in [4.69, 9.17) is 0 Å². The number of hydrogen-bond acceptors (Lipinski definition) is 0. The lowest BCUT2D eigenvalue weighted by Gasteiger charge is -2.15. The molecule has 0 heterocycles. The second-order valence-electron chi connectivity index (χ2n) is 7.91. The Hall–Kier alpha value is -3.90. The van der Waals surface area contributed by atoms with Crippen LogP contribution in [0, 0.1) is 6.92 Å². The van der Waals surface area contributed by atoms with Gasteiger partial charge in [-0.25, -0.2) is 0 Å². The van der Waals surface area contributed by atoms with Gasteiger partial charge in [-0.05, 0) is 57.5 Å². The summed E-state index contributed by atoms with van der Waals surface area (Å²) >= 11 is 0. The molecule has 5 aromatic rings. The molecule has 0 amide bonds. The number of aryl methyl sites for hydroxylation is 1. The zero-order chi connectivity index (χ0) is 21.0. The molecule has 5 rings (SSSR count). The fourth-order valence-corrected chi connectivity index (χ4v) is 4.25. The fraction of sp³-hybridized carbons (Fsp3) is 0.0323. The minimum atomic E-state index is 1.23. The summed E-state index contributed by atoms with van der Waals surface area (Å²) < 4.78 is 0. The van der Waals surface area contributed by atoms with E-state index in [1.54, 1.807) is 0 Å². The first-order valence-electron chi connectivity index (χ1n) is 10.7. The summed E-state index contributed by atoms with van der Waals surface area (Å²) in [6.07, 6.45) is 0. The lowest BCUT2D eigenvalue weighted by molar-refractivity contribution is 1.47. The van der Waals surface area contributed by atoms with Gasteiger partial charge in [-0.2, -0.15) is 0 Å². The number of benzene rings is 5. The van der Waals surface area contributed by atoms with Gasteiger partial charge >= 0.3 is 0 Å². The molecule has 0 aliphatic rings. The van der Waals surface area contributed by atoms with E-state index in [2.05, 4.69) is 134 Å². The summed E-state index contributed by atoms with van der Waals surface area (Å²) in [4.78, 5) is 0. The van der Waals surface area contributed by atoms with E-state index in [9.17, 15) is 0 Å². The van der Waals surface area contributed by atoms with Crippen molar-refractivity contribution >= 4 is 0 Å². The van der Waals surface area contributed by atoms with E-state index in [-0.39, 0.29) is 0 Å². The Balaban J connectivity index is 1.65. The van der Waals surface area contributed by atoms with Crippen LogP contribution in [0.2, 0.25) is 0 Å². The van der Waals surface area contributed by atoms with E-state index in [0.29, 0.717) is 0 Å². The standard InChI is InChI=1S/C31H24/c1-23-11-9-14-25(21-23)26-15-10-16-27(22-26)29-18-6-8-20-31(29)30-19-7-5-17-28(30)24-12-3-2-4-13-24/h2-22H,1H3. The second kappa shape index (κ2) is 8.45. The maximum atomic E-state index is 2.30. The van der Waals surface area contributed by atoms with Gasteiger partial charge in [-0.15, -0.1) is 0 Å². The maximum Gasteiger partial charge on any atom is -0.00992 e. The van der Waals surface area contributed by atoms with Gasteiger partial charge in [-0.1, -0.05) is 127 Å². The monoisotopic (exact) mass is 396 g/mol. The van der Waals surface area contributed by atoms with E-state index in [1.807, 2.05) is 0 Å². The van der Waals surface area contributed by atoms with E-state index >= 15 is 0 Å². The van der Waals surface area contributed by atoms with Crippen molar-refractivity contribution in [1.82, 2.24) is 0 Å². The SMILES string of the molecule is Cc1cccc(-c2cccc(-c3ccccc3-c3ccccc3-c3ccccc3)c2)c1. The Labute approximate surface area is 184 Å². The lowest BCUT2D eigenvalue weighted by atomic mass is 9.88. The summed E-state index contributed by atoms with van der Waals surface area (Å²) in [7, 11) is 0. The quantitative estimate of drug-likeness (QED) is 0.285. The van der Waals surface area contributed by atoms with Crippen molar-refractivity contribution in [3.8, 4) is 44.5 Å². The zero-order valence-corrected chi connectivity index (χ0v) is 17.6. The number of hydrogen-bond donors (Lipinski definition) is 0. The summed E-state index contributed by atoms with van der Waals surface area (Å²) in [5.41, 5.74) is 11.3. The van der Waals surface area contributed by atoms with Gasteiger partial charge in [0, 0.05) is 0 Å². The van der Waals surface area contributed by atoms with Crippen molar-refractivity contribution < 1.29 is 0 Å². The van der Waals surface area contributed by atoms with Gasteiger partial charge < -0.3 is 0 Å². The van der Waals surface area contributed by atoms with Gasteiger partial charge in [0.1, 0.15) is 0 Å². The normalized spacial score (nSPS) is 10.7. The van der Waals surface area contributed by atoms with Gasteiger partial charge in [0.25, 0.3) is 0 Å². The number of rotatable bonds is 4. The molecule has 0 spiro atoms. The van der Waals surface area contributed by atoms with Crippen molar-refractivity contribution in [2.45, 2.75) is 6.92 Å². The van der Waals surface area contributed by atoms with Crippen LogP contribution in [0.5, 0.6) is 0 Å². The van der Waals surface area contributed by atoms with Gasteiger partial charge in [0.05, 0.1) is 0 Å². The third-order valence-corrected chi connectivity index (χ3v) is 5.75. The molecule has 0 N–H and O–H groups in total. The molecule has 0 aliphatic carbocycles. The Morgan fingerprint density at radius 3 is 1.42 bits per heavy atom. The molecule has 0 aromatic heterocycles. The molecule has 0 unspecified atom stereocenters. The largest absolute Gasteiger partial charge is 0.0622 e. The average Bonchev–Trinajstić information content (AvgIpc) is 2.85. The van der Waals surface area contributed by atoms with Crippen LogP contribution in [0.3, 0.4) is 0 Å². The summed E-state index contributed by atoms with van der Waals surface area (Å²) in [5.74, 6) is 0.